The second-order valence-electron chi connectivity index (χ2n) is 5.03. The zero-order chi connectivity index (χ0) is 13.8. The van der Waals surface area contributed by atoms with Gasteiger partial charge in [0.05, 0.1) is 5.69 Å². The van der Waals surface area contributed by atoms with E-state index in [2.05, 4.69) is 15.2 Å². The summed E-state index contributed by atoms with van der Waals surface area (Å²) < 4.78 is 18.7. The molecule has 1 aromatic heterocycles. The van der Waals surface area contributed by atoms with Crippen LogP contribution in [0.15, 0.2) is 34.9 Å². The highest BCUT2D eigenvalue weighted by molar-refractivity contribution is 5.52. The normalized spacial score (nSPS) is 17.1. The third-order valence-corrected chi connectivity index (χ3v) is 3.44. The Labute approximate surface area is 117 Å². The van der Waals surface area contributed by atoms with Gasteiger partial charge in [-0.2, -0.15) is 0 Å². The second kappa shape index (κ2) is 6.15. The molecule has 1 fully saturated rings. The number of nitrogens with zero attached hydrogens (tertiary/aromatic N) is 2. The molecule has 0 bridgehead atoms. The summed E-state index contributed by atoms with van der Waals surface area (Å²) in [6, 6.07) is 6.31. The average molecular weight is 275 g/mol. The lowest BCUT2D eigenvalue weighted by atomic mass is 10.2. The van der Waals surface area contributed by atoms with Gasteiger partial charge in [-0.1, -0.05) is 6.07 Å². The van der Waals surface area contributed by atoms with Gasteiger partial charge in [0.15, 0.2) is 0 Å². The van der Waals surface area contributed by atoms with E-state index in [4.69, 9.17) is 4.42 Å². The van der Waals surface area contributed by atoms with Crippen molar-refractivity contribution in [3.8, 4) is 11.5 Å². The third-order valence-electron chi connectivity index (χ3n) is 3.44. The third kappa shape index (κ3) is 3.23. The Morgan fingerprint density at radius 2 is 2.25 bits per heavy atom. The summed E-state index contributed by atoms with van der Waals surface area (Å²) in [7, 11) is 0. The van der Waals surface area contributed by atoms with Gasteiger partial charge >= 0.3 is 0 Å². The number of halogens is 1. The van der Waals surface area contributed by atoms with Gasteiger partial charge in [0, 0.05) is 25.2 Å². The van der Waals surface area contributed by atoms with Gasteiger partial charge in [0.1, 0.15) is 12.1 Å². The number of aromatic nitrogens is 1. The number of oxazole rings is 1. The largest absolute Gasteiger partial charge is 0.444 e. The van der Waals surface area contributed by atoms with Crippen LogP contribution in [0.3, 0.4) is 0 Å². The van der Waals surface area contributed by atoms with Crippen molar-refractivity contribution in [3.63, 3.8) is 0 Å². The second-order valence-corrected chi connectivity index (χ2v) is 5.03. The quantitative estimate of drug-likeness (QED) is 0.933. The fourth-order valence-electron chi connectivity index (χ4n) is 2.42. The molecule has 0 saturated carbocycles. The van der Waals surface area contributed by atoms with Gasteiger partial charge in [-0.05, 0) is 37.7 Å². The van der Waals surface area contributed by atoms with E-state index < -0.39 is 0 Å². The van der Waals surface area contributed by atoms with Crippen LogP contribution in [0.25, 0.3) is 11.5 Å². The predicted octanol–water partition coefficient (Wildman–Crippen LogP) is 2.28. The van der Waals surface area contributed by atoms with Gasteiger partial charge in [-0.15, -0.1) is 0 Å². The number of benzene rings is 1. The van der Waals surface area contributed by atoms with E-state index in [1.807, 2.05) is 0 Å². The lowest BCUT2D eigenvalue weighted by molar-refractivity contribution is 0.281. The molecule has 0 unspecified atom stereocenters. The van der Waals surface area contributed by atoms with Crippen LogP contribution in [-0.4, -0.2) is 36.1 Å². The van der Waals surface area contributed by atoms with Gasteiger partial charge in [0.25, 0.3) is 0 Å². The fraction of sp³-hybridized carbons (Fsp3) is 0.400. The molecule has 0 atom stereocenters. The maximum atomic E-state index is 13.2. The molecule has 1 aliphatic heterocycles. The molecule has 5 heteroatoms. The van der Waals surface area contributed by atoms with Crippen LogP contribution in [0.2, 0.25) is 0 Å². The first-order valence-corrected chi connectivity index (χ1v) is 6.95. The molecular formula is C15H18FN3O. The molecule has 3 rings (SSSR count). The summed E-state index contributed by atoms with van der Waals surface area (Å²) in [5, 5.41) is 3.37. The van der Waals surface area contributed by atoms with Gasteiger partial charge in [-0.25, -0.2) is 9.37 Å². The molecule has 0 radical (unpaired) electrons. The Hall–Kier alpha value is -1.72. The maximum Gasteiger partial charge on any atom is 0.226 e. The predicted molar refractivity (Wildman–Crippen MR) is 74.7 cm³/mol. The van der Waals surface area contributed by atoms with Crippen LogP contribution in [-0.2, 0) is 6.54 Å². The van der Waals surface area contributed by atoms with Crippen molar-refractivity contribution in [1.82, 2.24) is 15.2 Å². The van der Waals surface area contributed by atoms with E-state index in [0.29, 0.717) is 11.5 Å². The zero-order valence-electron chi connectivity index (χ0n) is 11.3. The lowest BCUT2D eigenvalue weighted by Gasteiger charge is -2.17. The van der Waals surface area contributed by atoms with Crippen LogP contribution in [0, 0.1) is 5.82 Å². The molecule has 0 amide bonds. The first-order chi connectivity index (χ1) is 9.81. The van der Waals surface area contributed by atoms with Crippen molar-refractivity contribution < 1.29 is 8.81 Å². The minimum atomic E-state index is -0.277. The van der Waals surface area contributed by atoms with Crippen molar-refractivity contribution in [2.75, 3.05) is 26.2 Å². The molecule has 4 nitrogen and oxygen atoms in total. The van der Waals surface area contributed by atoms with E-state index in [-0.39, 0.29) is 5.82 Å². The van der Waals surface area contributed by atoms with E-state index in [0.717, 1.165) is 44.8 Å². The van der Waals surface area contributed by atoms with Crippen LogP contribution in [0.4, 0.5) is 4.39 Å². The summed E-state index contributed by atoms with van der Waals surface area (Å²) in [6.45, 7) is 4.94. The first-order valence-electron chi connectivity index (χ1n) is 6.95. The number of nitrogens with one attached hydrogen (secondary N) is 1. The molecule has 1 N–H and O–H groups in total. The molecule has 0 spiro atoms. The van der Waals surface area contributed by atoms with E-state index in [9.17, 15) is 4.39 Å². The minimum Gasteiger partial charge on any atom is -0.444 e. The van der Waals surface area contributed by atoms with Crippen LogP contribution < -0.4 is 5.32 Å². The lowest BCUT2D eigenvalue weighted by Crippen LogP contribution is -2.27. The zero-order valence-corrected chi connectivity index (χ0v) is 11.3. The SMILES string of the molecule is Fc1cccc(-c2nc(CN3CCCNCC3)co2)c1. The van der Waals surface area contributed by atoms with Crippen LogP contribution in [0.1, 0.15) is 12.1 Å². The number of hydrogen-bond acceptors (Lipinski definition) is 4. The molecule has 2 heterocycles. The summed E-state index contributed by atoms with van der Waals surface area (Å²) in [4.78, 5) is 6.81. The Morgan fingerprint density at radius 3 is 3.15 bits per heavy atom. The van der Waals surface area contributed by atoms with Crippen LogP contribution in [0.5, 0.6) is 0 Å². The molecule has 2 aromatic rings. The molecule has 20 heavy (non-hydrogen) atoms. The Kier molecular flexibility index (Phi) is 4.08. The first kappa shape index (κ1) is 13.3. The van der Waals surface area contributed by atoms with Gasteiger partial charge in [-0.3, -0.25) is 4.90 Å². The topological polar surface area (TPSA) is 41.3 Å². The van der Waals surface area contributed by atoms with Gasteiger partial charge < -0.3 is 9.73 Å². The molecule has 106 valence electrons. The summed E-state index contributed by atoms with van der Waals surface area (Å²) >= 11 is 0. The fourth-order valence-corrected chi connectivity index (χ4v) is 2.42. The smallest absolute Gasteiger partial charge is 0.226 e. The van der Waals surface area contributed by atoms with Crippen molar-refractivity contribution in [1.29, 1.82) is 0 Å². The van der Waals surface area contributed by atoms with Crippen molar-refractivity contribution in [2.24, 2.45) is 0 Å². The molecule has 0 aliphatic carbocycles. The summed E-state index contributed by atoms with van der Waals surface area (Å²) in [5.74, 6) is 0.202. The average Bonchev–Trinajstić information content (AvgIpc) is 2.75. The van der Waals surface area contributed by atoms with Crippen molar-refractivity contribution in [3.05, 3.63) is 42.0 Å². The van der Waals surface area contributed by atoms with Crippen LogP contribution >= 0.6 is 0 Å². The minimum absolute atomic E-state index is 0.277. The van der Waals surface area contributed by atoms with E-state index >= 15 is 0 Å². The summed E-state index contributed by atoms with van der Waals surface area (Å²) in [5.41, 5.74) is 1.57. The van der Waals surface area contributed by atoms with Crippen molar-refractivity contribution >= 4 is 0 Å². The molecule has 1 saturated heterocycles. The number of hydrogen-bond donors (Lipinski definition) is 1. The molecule has 1 aliphatic rings. The standard InChI is InChI=1S/C15H18FN3O/c16-13-4-1-3-12(9-13)15-18-14(11-20-15)10-19-7-2-5-17-6-8-19/h1,3-4,9,11,17H,2,5-8,10H2. The van der Waals surface area contributed by atoms with E-state index in [1.54, 1.807) is 18.4 Å². The highest BCUT2D eigenvalue weighted by Gasteiger charge is 2.13. The monoisotopic (exact) mass is 275 g/mol. The summed E-state index contributed by atoms with van der Waals surface area (Å²) in [6.07, 6.45) is 2.81. The van der Waals surface area contributed by atoms with E-state index in [1.165, 1.54) is 12.1 Å². The maximum absolute atomic E-state index is 13.2. The Bertz CT molecular complexity index is 562. The Balaban J connectivity index is 1.70. The van der Waals surface area contributed by atoms with Crippen molar-refractivity contribution in [2.45, 2.75) is 13.0 Å². The van der Waals surface area contributed by atoms with Gasteiger partial charge in [0.2, 0.25) is 5.89 Å². The highest BCUT2D eigenvalue weighted by atomic mass is 19.1. The molecule has 1 aromatic carbocycles. The Morgan fingerprint density at radius 1 is 1.30 bits per heavy atom. The molecular weight excluding hydrogens is 257 g/mol. The number of rotatable bonds is 3. The highest BCUT2D eigenvalue weighted by Crippen LogP contribution is 2.20.